The summed E-state index contributed by atoms with van der Waals surface area (Å²) in [6.45, 7) is 0.622. The number of hydrogen-bond acceptors (Lipinski definition) is 4. The molecule has 0 radical (unpaired) electrons. The van der Waals surface area contributed by atoms with Crippen molar-refractivity contribution in [2.75, 3.05) is 13.7 Å². The van der Waals surface area contributed by atoms with E-state index in [0.29, 0.717) is 6.61 Å². The summed E-state index contributed by atoms with van der Waals surface area (Å²) in [5.74, 6) is 4.19. The first-order valence-corrected chi connectivity index (χ1v) is 7.04. The highest BCUT2D eigenvalue weighted by Gasteiger charge is 1.96. The molecule has 2 aromatic rings. The molecule has 4 heteroatoms. The van der Waals surface area contributed by atoms with Crippen LogP contribution in [0, 0.1) is 12.3 Å². The minimum absolute atomic E-state index is 0.622. The van der Waals surface area contributed by atoms with Crippen LogP contribution in [0.4, 0.5) is 11.4 Å². The molecule has 0 heterocycles. The van der Waals surface area contributed by atoms with Crippen LogP contribution in [0.3, 0.4) is 0 Å². The van der Waals surface area contributed by atoms with E-state index in [4.69, 9.17) is 15.9 Å². The third-order valence-corrected chi connectivity index (χ3v) is 2.92. The molecule has 0 aromatic heterocycles. The number of methoxy groups -OCH3 is 1. The van der Waals surface area contributed by atoms with E-state index < -0.39 is 0 Å². The molecular weight excluding hydrogens is 276 g/mol. The molecule has 112 valence electrons. The van der Waals surface area contributed by atoms with Crippen LogP contribution in [0.25, 0.3) is 0 Å². The van der Waals surface area contributed by atoms with Crippen molar-refractivity contribution in [3.63, 3.8) is 0 Å². The number of rotatable bonds is 7. The number of nitrogens with zero attached hydrogens (tertiary/aromatic N) is 2. The summed E-state index contributed by atoms with van der Waals surface area (Å²) in [6, 6.07) is 14.9. The van der Waals surface area contributed by atoms with Gasteiger partial charge in [0.05, 0.1) is 25.1 Å². The van der Waals surface area contributed by atoms with Crippen LogP contribution in [-0.2, 0) is 0 Å². The van der Waals surface area contributed by atoms with E-state index >= 15 is 0 Å². The highest BCUT2D eigenvalue weighted by molar-refractivity contribution is 5.44. The molecule has 0 unspecified atom stereocenters. The van der Waals surface area contributed by atoms with Crippen molar-refractivity contribution in [2.45, 2.75) is 12.8 Å². The largest absolute Gasteiger partial charge is 0.497 e. The average molecular weight is 294 g/mol. The zero-order chi connectivity index (χ0) is 15.6. The standard InChI is InChI=1S/C18H18N2O2/c1-3-4-5-14-22-18-12-8-16(9-13-18)20-19-15-6-10-17(21-2)11-7-15/h1,6-13H,4-5,14H2,2H3. The van der Waals surface area contributed by atoms with Crippen molar-refractivity contribution >= 4 is 11.4 Å². The highest BCUT2D eigenvalue weighted by atomic mass is 16.5. The Morgan fingerprint density at radius 1 is 0.909 bits per heavy atom. The predicted octanol–water partition coefficient (Wildman–Crippen LogP) is 4.90. The molecule has 0 aliphatic carbocycles. The van der Waals surface area contributed by atoms with Crippen LogP contribution in [-0.4, -0.2) is 13.7 Å². The molecule has 0 aliphatic rings. The normalized spacial score (nSPS) is 10.4. The molecule has 4 nitrogen and oxygen atoms in total. The first kappa shape index (κ1) is 15.6. The Bertz CT molecular complexity index is 640. The molecule has 0 atom stereocenters. The van der Waals surface area contributed by atoms with Gasteiger partial charge in [0, 0.05) is 6.42 Å². The number of azo groups is 1. The molecular formula is C18H18N2O2. The van der Waals surface area contributed by atoms with Gasteiger partial charge in [0.15, 0.2) is 0 Å². The second-order valence-electron chi connectivity index (χ2n) is 4.55. The summed E-state index contributed by atoms with van der Waals surface area (Å²) in [5.41, 5.74) is 1.54. The van der Waals surface area contributed by atoms with Crippen LogP contribution in [0.1, 0.15) is 12.8 Å². The van der Waals surface area contributed by atoms with E-state index in [1.807, 2.05) is 48.5 Å². The quantitative estimate of drug-likeness (QED) is 0.414. The van der Waals surface area contributed by atoms with Crippen molar-refractivity contribution in [3.8, 4) is 23.8 Å². The van der Waals surface area contributed by atoms with Crippen LogP contribution in [0.5, 0.6) is 11.5 Å². The van der Waals surface area contributed by atoms with E-state index in [1.54, 1.807) is 7.11 Å². The maximum absolute atomic E-state index is 5.57. The number of benzene rings is 2. The maximum Gasteiger partial charge on any atom is 0.119 e. The molecule has 0 N–H and O–H groups in total. The number of unbranched alkanes of at least 4 members (excludes halogenated alkanes) is 1. The van der Waals surface area contributed by atoms with Crippen molar-refractivity contribution < 1.29 is 9.47 Å². The topological polar surface area (TPSA) is 43.2 Å². The van der Waals surface area contributed by atoms with Gasteiger partial charge >= 0.3 is 0 Å². The lowest BCUT2D eigenvalue weighted by Crippen LogP contribution is -1.95. The van der Waals surface area contributed by atoms with Crippen molar-refractivity contribution in [1.29, 1.82) is 0 Å². The van der Waals surface area contributed by atoms with Crippen LogP contribution in [0.15, 0.2) is 58.8 Å². The second kappa shape index (κ2) is 8.48. The fraction of sp³-hybridized carbons (Fsp3) is 0.222. The molecule has 2 rings (SSSR count). The Morgan fingerprint density at radius 2 is 1.45 bits per heavy atom. The van der Waals surface area contributed by atoms with E-state index in [1.165, 1.54) is 0 Å². The lowest BCUT2D eigenvalue weighted by Gasteiger charge is -2.04. The van der Waals surface area contributed by atoms with Gasteiger partial charge in [0.25, 0.3) is 0 Å². The molecule has 0 spiro atoms. The third-order valence-electron chi connectivity index (χ3n) is 2.92. The lowest BCUT2D eigenvalue weighted by atomic mass is 10.3. The molecule has 0 saturated heterocycles. The van der Waals surface area contributed by atoms with Gasteiger partial charge in [-0.15, -0.1) is 12.3 Å². The molecule has 0 amide bonds. The Balaban J connectivity index is 1.89. The molecule has 0 saturated carbocycles. The third kappa shape index (κ3) is 4.95. The fourth-order valence-electron chi connectivity index (χ4n) is 1.74. The van der Waals surface area contributed by atoms with Crippen LogP contribution >= 0.6 is 0 Å². The van der Waals surface area contributed by atoms with Gasteiger partial charge in [0.2, 0.25) is 0 Å². The van der Waals surface area contributed by atoms with E-state index in [-0.39, 0.29) is 0 Å². The van der Waals surface area contributed by atoms with Crippen molar-refractivity contribution in [1.82, 2.24) is 0 Å². The van der Waals surface area contributed by atoms with Gasteiger partial charge in [-0.25, -0.2) is 0 Å². The molecule has 0 bridgehead atoms. The van der Waals surface area contributed by atoms with E-state index in [0.717, 1.165) is 35.7 Å². The van der Waals surface area contributed by atoms with Gasteiger partial charge in [-0.05, 0) is 55.0 Å². The minimum Gasteiger partial charge on any atom is -0.497 e. The summed E-state index contributed by atoms with van der Waals surface area (Å²) in [5, 5.41) is 8.36. The van der Waals surface area contributed by atoms with Crippen molar-refractivity contribution in [3.05, 3.63) is 48.5 Å². The highest BCUT2D eigenvalue weighted by Crippen LogP contribution is 2.22. The summed E-state index contributed by atoms with van der Waals surface area (Å²) < 4.78 is 10.7. The average Bonchev–Trinajstić information content (AvgIpc) is 2.58. The zero-order valence-electron chi connectivity index (χ0n) is 12.5. The summed E-state index contributed by atoms with van der Waals surface area (Å²) in [7, 11) is 1.63. The van der Waals surface area contributed by atoms with Crippen LogP contribution < -0.4 is 9.47 Å². The summed E-state index contributed by atoms with van der Waals surface area (Å²) in [6.07, 6.45) is 6.78. The number of hydrogen-bond donors (Lipinski definition) is 0. The number of terminal acetylenes is 1. The van der Waals surface area contributed by atoms with Crippen LogP contribution in [0.2, 0.25) is 0 Å². The SMILES string of the molecule is C#CCCCOc1ccc(N=Nc2ccc(OC)cc2)cc1. The van der Waals surface area contributed by atoms with E-state index in [2.05, 4.69) is 16.1 Å². The van der Waals surface area contributed by atoms with Crippen molar-refractivity contribution in [2.24, 2.45) is 10.2 Å². The van der Waals surface area contributed by atoms with Gasteiger partial charge < -0.3 is 9.47 Å². The first-order valence-electron chi connectivity index (χ1n) is 7.04. The number of ether oxygens (including phenoxy) is 2. The first-order chi connectivity index (χ1) is 10.8. The predicted molar refractivity (Wildman–Crippen MR) is 87.2 cm³/mol. The molecule has 0 aliphatic heterocycles. The second-order valence-corrected chi connectivity index (χ2v) is 4.55. The Labute approximate surface area is 130 Å². The molecule has 22 heavy (non-hydrogen) atoms. The van der Waals surface area contributed by atoms with Gasteiger partial charge in [-0.2, -0.15) is 10.2 Å². The minimum atomic E-state index is 0.622. The van der Waals surface area contributed by atoms with Gasteiger partial charge in [-0.1, -0.05) is 0 Å². The Kier molecular flexibility index (Phi) is 6.01. The van der Waals surface area contributed by atoms with Gasteiger partial charge in [-0.3, -0.25) is 0 Å². The van der Waals surface area contributed by atoms with E-state index in [9.17, 15) is 0 Å². The maximum atomic E-state index is 5.57. The summed E-state index contributed by atoms with van der Waals surface area (Å²) >= 11 is 0. The molecule has 2 aromatic carbocycles. The monoisotopic (exact) mass is 294 g/mol. The fourth-order valence-corrected chi connectivity index (χ4v) is 1.74. The lowest BCUT2D eigenvalue weighted by molar-refractivity contribution is 0.313. The zero-order valence-corrected chi connectivity index (χ0v) is 12.5. The Morgan fingerprint density at radius 3 is 1.95 bits per heavy atom. The van der Waals surface area contributed by atoms with Gasteiger partial charge in [0.1, 0.15) is 11.5 Å². The Hall–Kier alpha value is -2.80. The summed E-state index contributed by atoms with van der Waals surface area (Å²) in [4.78, 5) is 0. The smallest absolute Gasteiger partial charge is 0.119 e. The molecule has 0 fully saturated rings.